The number of hydrogen-bond donors (Lipinski definition) is 1. The van der Waals surface area contributed by atoms with E-state index in [-0.39, 0.29) is 11.7 Å². The Morgan fingerprint density at radius 1 is 0.974 bits per heavy atom. The van der Waals surface area contributed by atoms with Crippen LogP contribution in [-0.2, 0) is 0 Å². The number of halogens is 2. The molecule has 0 fully saturated rings. The first-order chi connectivity index (χ1) is 18.8. The highest BCUT2D eigenvalue weighted by atomic mass is 35.5. The summed E-state index contributed by atoms with van der Waals surface area (Å²) in [6.07, 6.45) is 1.65. The molecule has 0 saturated carbocycles. The van der Waals surface area contributed by atoms with Crippen LogP contribution in [0.5, 0.6) is 0 Å². The molecule has 3 heterocycles. The molecule has 3 aromatic heterocycles. The van der Waals surface area contributed by atoms with E-state index in [9.17, 15) is 9.18 Å². The summed E-state index contributed by atoms with van der Waals surface area (Å²) in [5, 5.41) is 3.81. The van der Waals surface area contributed by atoms with Gasteiger partial charge in [0.15, 0.2) is 0 Å². The number of carbonyl (C=O) groups is 1. The van der Waals surface area contributed by atoms with Crippen LogP contribution in [0.4, 0.5) is 10.1 Å². The standard InChI is InChI=1S/C30H22ClFN4O3/c1-33-28(37)26-22-14-21(24(36(2)3)15-25(22)38-27(26)16-6-8-20(32)9-7-16)17-11-18(13-19(31)12-17)29-35-23-5-4-10-34-30(23)39-29/h4-15H,1-3H3,(H,33,37). The number of nitrogens with zero attached hydrogens (tertiary/aromatic N) is 3. The number of rotatable bonds is 5. The van der Waals surface area contributed by atoms with Crippen molar-refractivity contribution < 1.29 is 18.0 Å². The van der Waals surface area contributed by atoms with Crippen molar-refractivity contribution in [2.24, 2.45) is 0 Å². The molecule has 194 valence electrons. The molecule has 7 nitrogen and oxygen atoms in total. The highest BCUT2D eigenvalue weighted by Crippen LogP contribution is 2.42. The number of benzene rings is 3. The number of hydrogen-bond acceptors (Lipinski definition) is 6. The fraction of sp³-hybridized carbons (Fsp3) is 0.100. The molecule has 0 saturated heterocycles. The molecule has 39 heavy (non-hydrogen) atoms. The zero-order chi connectivity index (χ0) is 27.3. The van der Waals surface area contributed by atoms with Crippen molar-refractivity contribution in [3.05, 3.63) is 89.3 Å². The maximum Gasteiger partial charge on any atom is 0.255 e. The Morgan fingerprint density at radius 3 is 2.46 bits per heavy atom. The molecule has 0 atom stereocenters. The van der Waals surface area contributed by atoms with Gasteiger partial charge < -0.3 is 19.1 Å². The van der Waals surface area contributed by atoms with Gasteiger partial charge in [-0.25, -0.2) is 14.4 Å². The lowest BCUT2D eigenvalue weighted by Crippen LogP contribution is -2.18. The van der Waals surface area contributed by atoms with Gasteiger partial charge in [-0.05, 0) is 66.2 Å². The van der Waals surface area contributed by atoms with E-state index >= 15 is 0 Å². The minimum absolute atomic E-state index is 0.317. The Labute approximate surface area is 227 Å². The predicted octanol–water partition coefficient (Wildman–Crippen LogP) is 7.19. The number of fused-ring (bicyclic) bond motifs is 2. The molecule has 3 aromatic carbocycles. The third-order valence-electron chi connectivity index (χ3n) is 6.47. The molecule has 0 radical (unpaired) electrons. The minimum Gasteiger partial charge on any atom is -0.455 e. The molecule has 6 aromatic rings. The second-order valence-corrected chi connectivity index (χ2v) is 9.66. The van der Waals surface area contributed by atoms with Crippen LogP contribution in [0.15, 0.2) is 81.8 Å². The molecule has 9 heteroatoms. The van der Waals surface area contributed by atoms with E-state index in [4.69, 9.17) is 20.4 Å². The topological polar surface area (TPSA) is 84.4 Å². The average Bonchev–Trinajstić information content (AvgIpc) is 3.53. The van der Waals surface area contributed by atoms with Crippen LogP contribution < -0.4 is 10.2 Å². The number of carbonyl (C=O) groups excluding carboxylic acids is 1. The SMILES string of the molecule is CNC(=O)c1c(-c2ccc(F)cc2)oc2cc(N(C)C)c(-c3cc(Cl)cc(-c4nc5cccnc5o4)c3)cc12. The van der Waals surface area contributed by atoms with Gasteiger partial charge in [0.25, 0.3) is 5.91 Å². The molecular weight excluding hydrogens is 519 g/mol. The molecule has 0 aliphatic heterocycles. The Kier molecular flexibility index (Phi) is 6.04. The monoisotopic (exact) mass is 540 g/mol. The zero-order valence-corrected chi connectivity index (χ0v) is 22.0. The maximum atomic E-state index is 13.6. The van der Waals surface area contributed by atoms with Gasteiger partial charge in [-0.1, -0.05) is 11.6 Å². The maximum absolute atomic E-state index is 13.6. The largest absolute Gasteiger partial charge is 0.455 e. The number of pyridine rings is 1. The van der Waals surface area contributed by atoms with E-state index in [1.807, 2.05) is 49.3 Å². The van der Waals surface area contributed by atoms with Crippen molar-refractivity contribution in [2.75, 3.05) is 26.0 Å². The highest BCUT2D eigenvalue weighted by Gasteiger charge is 2.24. The minimum atomic E-state index is -0.375. The first-order valence-electron chi connectivity index (χ1n) is 12.1. The van der Waals surface area contributed by atoms with E-state index < -0.39 is 0 Å². The predicted molar refractivity (Wildman–Crippen MR) is 151 cm³/mol. The molecule has 6 rings (SSSR count). The number of anilines is 1. The first kappa shape index (κ1) is 24.6. The van der Waals surface area contributed by atoms with Crippen LogP contribution >= 0.6 is 11.6 Å². The quantitative estimate of drug-likeness (QED) is 0.249. The highest BCUT2D eigenvalue weighted by molar-refractivity contribution is 6.31. The van der Waals surface area contributed by atoms with E-state index in [2.05, 4.69) is 15.3 Å². The van der Waals surface area contributed by atoms with Crippen molar-refractivity contribution in [2.45, 2.75) is 0 Å². The summed E-state index contributed by atoms with van der Waals surface area (Å²) in [7, 11) is 5.40. The van der Waals surface area contributed by atoms with Gasteiger partial charge in [0, 0.05) is 66.2 Å². The fourth-order valence-corrected chi connectivity index (χ4v) is 4.89. The summed E-state index contributed by atoms with van der Waals surface area (Å²) in [6, 6.07) is 18.8. The lowest BCUT2D eigenvalue weighted by Gasteiger charge is -2.18. The Bertz CT molecular complexity index is 1840. The normalized spacial score (nSPS) is 11.3. The van der Waals surface area contributed by atoms with Crippen LogP contribution in [-0.4, -0.2) is 37.0 Å². The molecule has 0 aliphatic rings. The van der Waals surface area contributed by atoms with E-state index in [0.717, 1.165) is 16.8 Å². The molecule has 0 bridgehead atoms. The summed E-state index contributed by atoms with van der Waals surface area (Å²) in [5.41, 5.74) is 5.70. The number of aromatic nitrogens is 2. The Balaban J connectivity index is 1.58. The second-order valence-electron chi connectivity index (χ2n) is 9.23. The summed E-state index contributed by atoms with van der Waals surface area (Å²) in [6.45, 7) is 0. The Hall–Kier alpha value is -4.69. The van der Waals surface area contributed by atoms with Gasteiger partial charge in [0.1, 0.15) is 22.7 Å². The molecule has 0 spiro atoms. The number of nitrogens with one attached hydrogen (secondary N) is 1. The molecule has 1 amide bonds. The number of amides is 1. The molecule has 0 unspecified atom stereocenters. The van der Waals surface area contributed by atoms with Gasteiger partial charge in [0.2, 0.25) is 11.6 Å². The third kappa shape index (κ3) is 4.38. The van der Waals surface area contributed by atoms with Gasteiger partial charge >= 0.3 is 0 Å². The Morgan fingerprint density at radius 2 is 1.74 bits per heavy atom. The third-order valence-corrected chi connectivity index (χ3v) is 6.69. The van der Waals surface area contributed by atoms with E-state index in [1.165, 1.54) is 12.1 Å². The lowest BCUT2D eigenvalue weighted by molar-refractivity contribution is 0.0964. The lowest BCUT2D eigenvalue weighted by atomic mass is 9.97. The van der Waals surface area contributed by atoms with Crippen molar-refractivity contribution in [1.82, 2.24) is 15.3 Å². The zero-order valence-electron chi connectivity index (χ0n) is 21.3. The van der Waals surface area contributed by atoms with E-state index in [1.54, 1.807) is 37.5 Å². The van der Waals surface area contributed by atoms with Gasteiger partial charge in [-0.3, -0.25) is 4.79 Å². The molecule has 0 aliphatic carbocycles. The number of furan rings is 1. The van der Waals surface area contributed by atoms with E-state index in [0.29, 0.717) is 55.6 Å². The fourth-order valence-electron chi connectivity index (χ4n) is 4.65. The van der Waals surface area contributed by atoms with Gasteiger partial charge in [-0.15, -0.1) is 0 Å². The van der Waals surface area contributed by atoms with Crippen molar-refractivity contribution in [3.63, 3.8) is 0 Å². The van der Waals surface area contributed by atoms with Crippen LogP contribution in [0.2, 0.25) is 5.02 Å². The summed E-state index contributed by atoms with van der Waals surface area (Å²) < 4.78 is 25.7. The molecule has 1 N–H and O–H groups in total. The van der Waals surface area contributed by atoms with Crippen LogP contribution in [0.25, 0.3) is 56.1 Å². The number of oxazole rings is 1. The van der Waals surface area contributed by atoms with Gasteiger partial charge in [-0.2, -0.15) is 0 Å². The first-order valence-corrected chi connectivity index (χ1v) is 12.5. The van der Waals surface area contributed by atoms with Gasteiger partial charge in [0.05, 0.1) is 5.56 Å². The average molecular weight is 541 g/mol. The van der Waals surface area contributed by atoms with Crippen LogP contribution in [0.3, 0.4) is 0 Å². The van der Waals surface area contributed by atoms with Crippen molar-refractivity contribution in [1.29, 1.82) is 0 Å². The summed E-state index contributed by atoms with van der Waals surface area (Å²) in [4.78, 5) is 23.8. The smallest absolute Gasteiger partial charge is 0.255 e. The van der Waals surface area contributed by atoms with Crippen LogP contribution in [0, 0.1) is 5.82 Å². The summed E-state index contributed by atoms with van der Waals surface area (Å²) in [5.74, 6) is 0.0623. The second kappa shape index (κ2) is 9.56. The summed E-state index contributed by atoms with van der Waals surface area (Å²) >= 11 is 6.59. The van der Waals surface area contributed by atoms with Crippen LogP contribution in [0.1, 0.15) is 10.4 Å². The van der Waals surface area contributed by atoms with Crippen molar-refractivity contribution >= 4 is 45.4 Å². The molecular formula is C30H22ClFN4O3. The van der Waals surface area contributed by atoms with Crippen molar-refractivity contribution in [3.8, 4) is 33.9 Å².